The van der Waals surface area contributed by atoms with Gasteiger partial charge >= 0.3 is 0 Å². The Morgan fingerprint density at radius 2 is 1.77 bits per heavy atom. The first kappa shape index (κ1) is 32.7. The van der Waals surface area contributed by atoms with Crippen LogP contribution in [0.25, 0.3) is 16.6 Å². The first-order chi connectivity index (χ1) is 22.8. The zero-order valence-electron chi connectivity index (χ0n) is 25.9. The van der Waals surface area contributed by atoms with Gasteiger partial charge in [0.15, 0.2) is 29.4 Å². The fourth-order valence-electron chi connectivity index (χ4n) is 6.05. The third kappa shape index (κ3) is 6.90. The minimum absolute atomic E-state index is 0.0113. The van der Waals surface area contributed by atoms with Crippen molar-refractivity contribution in [1.29, 1.82) is 5.26 Å². The SMILES string of the molecule is COC(OC)C1CCN(c2ccc(-n3cnc4ccc(Oc5c(F)ccc(N[S+]([O-])N6CCC(F)C6)c5C#N)cc4c3=O)cc2)CC1. The highest BCUT2D eigenvalue weighted by Gasteiger charge is 2.32. The van der Waals surface area contributed by atoms with E-state index in [0.717, 1.165) is 37.7 Å². The van der Waals surface area contributed by atoms with Crippen LogP contribution < -0.4 is 19.9 Å². The van der Waals surface area contributed by atoms with Crippen molar-refractivity contribution in [2.24, 2.45) is 5.92 Å². The third-order valence-corrected chi connectivity index (χ3v) is 9.77. The summed E-state index contributed by atoms with van der Waals surface area (Å²) in [5.74, 6) is -0.793. The summed E-state index contributed by atoms with van der Waals surface area (Å²) in [5, 5.41) is 10.1. The molecule has 0 radical (unpaired) electrons. The monoisotopic (exact) mass is 664 g/mol. The van der Waals surface area contributed by atoms with E-state index in [1.54, 1.807) is 20.3 Å². The van der Waals surface area contributed by atoms with Crippen molar-refractivity contribution in [3.8, 4) is 23.3 Å². The Hall–Kier alpha value is -4.26. The fourth-order valence-corrected chi connectivity index (χ4v) is 7.11. The molecule has 2 aliphatic heterocycles. The predicted molar refractivity (Wildman–Crippen MR) is 174 cm³/mol. The Morgan fingerprint density at radius 1 is 1.04 bits per heavy atom. The minimum Gasteiger partial charge on any atom is -0.573 e. The molecule has 2 atom stereocenters. The van der Waals surface area contributed by atoms with Gasteiger partial charge in [0, 0.05) is 45.5 Å². The molecule has 0 saturated carbocycles. The molecule has 11 nitrogen and oxygen atoms in total. The average molecular weight is 665 g/mol. The summed E-state index contributed by atoms with van der Waals surface area (Å²) >= 11 is -1.84. The van der Waals surface area contributed by atoms with Gasteiger partial charge in [0.05, 0.1) is 23.1 Å². The molecule has 2 saturated heterocycles. The molecule has 4 aromatic rings. The largest absolute Gasteiger partial charge is 0.573 e. The summed E-state index contributed by atoms with van der Waals surface area (Å²) in [5.41, 5.74) is 1.56. The number of ether oxygens (including phenoxy) is 3. The van der Waals surface area contributed by atoms with Gasteiger partial charge in [-0.3, -0.25) is 9.36 Å². The van der Waals surface area contributed by atoms with Gasteiger partial charge in [-0.25, -0.2) is 13.8 Å². The molecule has 6 rings (SSSR count). The predicted octanol–water partition coefficient (Wildman–Crippen LogP) is 5.06. The molecule has 3 aromatic carbocycles. The van der Waals surface area contributed by atoms with Gasteiger partial charge in [-0.2, -0.15) is 9.98 Å². The van der Waals surface area contributed by atoms with E-state index >= 15 is 0 Å². The first-order valence-electron chi connectivity index (χ1n) is 15.2. The zero-order chi connectivity index (χ0) is 33.1. The normalized spacial score (nSPS) is 18.1. The van der Waals surface area contributed by atoms with Gasteiger partial charge in [-0.1, -0.05) is 0 Å². The van der Waals surface area contributed by atoms with Crippen molar-refractivity contribution < 1.29 is 27.5 Å². The Morgan fingerprint density at radius 3 is 2.43 bits per heavy atom. The van der Waals surface area contributed by atoms with E-state index in [1.165, 1.54) is 33.4 Å². The molecule has 2 unspecified atom stereocenters. The van der Waals surface area contributed by atoms with Crippen molar-refractivity contribution in [3.05, 3.63) is 82.7 Å². The van der Waals surface area contributed by atoms with E-state index in [0.29, 0.717) is 17.1 Å². The second kappa shape index (κ2) is 14.2. The number of hydrogen-bond donors (Lipinski definition) is 1. The molecule has 0 spiro atoms. The molecule has 1 N–H and O–H groups in total. The second-order valence-corrected chi connectivity index (χ2v) is 12.6. The lowest BCUT2D eigenvalue weighted by Crippen LogP contribution is -2.39. The number of anilines is 2. The summed E-state index contributed by atoms with van der Waals surface area (Å²) in [7, 11) is 3.32. The summed E-state index contributed by atoms with van der Waals surface area (Å²) in [6, 6.07) is 16.4. The van der Waals surface area contributed by atoms with Crippen LogP contribution in [0.2, 0.25) is 0 Å². The van der Waals surface area contributed by atoms with E-state index in [1.807, 2.05) is 30.3 Å². The Labute approximate surface area is 273 Å². The topological polar surface area (TPSA) is 128 Å². The van der Waals surface area contributed by atoms with Crippen molar-refractivity contribution in [3.63, 3.8) is 0 Å². The number of hydrogen-bond acceptors (Lipinski definition) is 10. The number of fused-ring (bicyclic) bond motifs is 1. The summed E-state index contributed by atoms with van der Waals surface area (Å²) in [4.78, 5) is 20.3. The van der Waals surface area contributed by atoms with E-state index in [9.17, 15) is 23.4 Å². The molecule has 0 amide bonds. The molecule has 2 fully saturated rings. The van der Waals surface area contributed by atoms with E-state index in [2.05, 4.69) is 14.6 Å². The van der Waals surface area contributed by atoms with E-state index in [4.69, 9.17) is 14.2 Å². The number of methoxy groups -OCH3 is 2. The highest BCUT2D eigenvalue weighted by molar-refractivity contribution is 7.90. The molecular formula is C33H34F2N6O5S. The van der Waals surface area contributed by atoms with Crippen LogP contribution in [0.1, 0.15) is 24.8 Å². The van der Waals surface area contributed by atoms with Gasteiger partial charge in [-0.15, -0.1) is 4.31 Å². The number of nitriles is 1. The second-order valence-electron chi connectivity index (χ2n) is 11.4. The fraction of sp³-hybridized carbons (Fsp3) is 0.364. The lowest BCUT2D eigenvalue weighted by Gasteiger charge is -2.36. The lowest BCUT2D eigenvalue weighted by atomic mass is 9.95. The summed E-state index contributed by atoms with van der Waals surface area (Å²) in [6.07, 6.45) is 2.28. The molecule has 0 aliphatic carbocycles. The number of nitrogens with one attached hydrogen (secondary N) is 1. The maximum Gasteiger partial charge on any atom is 0.265 e. The number of piperidine rings is 1. The molecule has 0 bridgehead atoms. The van der Waals surface area contributed by atoms with Crippen LogP contribution in [0.15, 0.2) is 65.7 Å². The quantitative estimate of drug-likeness (QED) is 0.182. The number of benzene rings is 3. The van der Waals surface area contributed by atoms with Crippen LogP contribution in [-0.2, 0) is 21.0 Å². The molecule has 14 heteroatoms. The number of aromatic nitrogens is 2. The summed E-state index contributed by atoms with van der Waals surface area (Å²) < 4.78 is 63.5. The summed E-state index contributed by atoms with van der Waals surface area (Å²) in [6.45, 7) is 1.99. The molecular weight excluding hydrogens is 630 g/mol. The first-order valence-corrected chi connectivity index (χ1v) is 16.3. The standard InChI is InChI=1S/C33H34F2N6O5S/c1-44-33(45-2)21-11-14-39(15-12-21)23-3-5-24(6-4-23)41-20-37-29-9-7-25(17-26(29)32(41)42)46-31-27(18-36)30(10-8-28(31)35)38-47(43)40-16-13-22(34)19-40/h3-10,17,20-22,33,38H,11-16,19H2,1-2H3. The Balaban J connectivity index is 1.21. The molecule has 1 aromatic heterocycles. The van der Waals surface area contributed by atoms with Crippen LogP contribution in [0, 0.1) is 23.1 Å². The highest BCUT2D eigenvalue weighted by atomic mass is 32.2. The van der Waals surface area contributed by atoms with Crippen LogP contribution in [0.4, 0.5) is 20.2 Å². The molecule has 2 aliphatic rings. The van der Waals surface area contributed by atoms with Crippen LogP contribution >= 0.6 is 0 Å². The number of alkyl halides is 1. The number of halogens is 2. The van der Waals surface area contributed by atoms with Gasteiger partial charge in [0.1, 0.15) is 35.6 Å². The van der Waals surface area contributed by atoms with E-state index in [-0.39, 0.29) is 53.7 Å². The maximum absolute atomic E-state index is 15.0. The smallest absolute Gasteiger partial charge is 0.265 e. The van der Waals surface area contributed by atoms with Crippen LogP contribution in [-0.4, -0.2) is 71.3 Å². The lowest BCUT2D eigenvalue weighted by molar-refractivity contribution is -0.141. The average Bonchev–Trinajstić information content (AvgIpc) is 3.54. The van der Waals surface area contributed by atoms with Crippen molar-refractivity contribution in [2.75, 3.05) is 50.0 Å². The molecule has 3 heterocycles. The van der Waals surface area contributed by atoms with Crippen LogP contribution in [0.3, 0.4) is 0 Å². The van der Waals surface area contributed by atoms with Gasteiger partial charge in [0.2, 0.25) is 0 Å². The van der Waals surface area contributed by atoms with Crippen molar-refractivity contribution in [2.45, 2.75) is 31.7 Å². The molecule has 47 heavy (non-hydrogen) atoms. The highest BCUT2D eigenvalue weighted by Crippen LogP contribution is 2.35. The van der Waals surface area contributed by atoms with Gasteiger partial charge < -0.3 is 23.7 Å². The van der Waals surface area contributed by atoms with Gasteiger partial charge in [-0.05, 0) is 73.9 Å². The van der Waals surface area contributed by atoms with Crippen molar-refractivity contribution >= 4 is 33.8 Å². The maximum atomic E-state index is 15.0. The Kier molecular flexibility index (Phi) is 9.90. The van der Waals surface area contributed by atoms with Crippen LogP contribution in [0.5, 0.6) is 11.5 Å². The van der Waals surface area contributed by atoms with Crippen molar-refractivity contribution in [1.82, 2.24) is 13.9 Å². The van der Waals surface area contributed by atoms with Gasteiger partial charge in [0.25, 0.3) is 5.56 Å². The number of rotatable bonds is 10. The minimum atomic E-state index is -1.84. The van der Waals surface area contributed by atoms with E-state index < -0.39 is 29.3 Å². The molecule has 246 valence electrons. The number of nitrogens with zero attached hydrogens (tertiary/aromatic N) is 5. The third-order valence-electron chi connectivity index (χ3n) is 8.58. The zero-order valence-corrected chi connectivity index (χ0v) is 26.7. The Bertz CT molecular complexity index is 1830.